The Hall–Kier alpha value is -1.37. The molecule has 2 fully saturated rings. The molecule has 17 heteroatoms. The molecule has 5 rings (SSSR count). The Morgan fingerprint density at radius 3 is 2.30 bits per heavy atom. The first-order valence-corrected chi connectivity index (χ1v) is 24.3. The Morgan fingerprint density at radius 1 is 1.04 bits per heavy atom. The maximum absolute atomic E-state index is 13.7. The molecule has 2 aliphatic heterocycles. The van der Waals surface area contributed by atoms with Crippen LogP contribution >= 0.6 is 18.3 Å². The molecule has 0 radical (unpaired) electrons. The molecule has 3 aromatic rings. The average molecular weight is 746 g/mol. The minimum absolute atomic E-state index is 0.0120. The summed E-state index contributed by atoms with van der Waals surface area (Å²) in [6.45, 7) is 18.9. The molecule has 0 amide bonds. The summed E-state index contributed by atoms with van der Waals surface area (Å²) in [6, 6.07) is 4.13. The van der Waals surface area contributed by atoms with Crippen molar-refractivity contribution in [1.29, 1.82) is 0 Å². The van der Waals surface area contributed by atoms with Crippen LogP contribution in [-0.4, -0.2) is 67.7 Å². The van der Waals surface area contributed by atoms with Crippen LogP contribution in [0.15, 0.2) is 30.9 Å². The standard InChI is InChI=1S/C30H46ClFN5O6PSSi2/c1-29(2,3)46(7,8)42-24-22(15-39-44(45)38-14-21(41-44)19-12-11-18(32)13-20(19)31)40-28(25(24)43-47(9,10)30(4,5)6)37-17-36-23-26(33)34-16-35-27(23)37/h11-13,16-17,21-22,24-25,28H,14-15H2,1-10H3,(H2,33,34,35)/t21?,22-,24-,25-,28-,44?/m1/s1. The number of aromatic nitrogens is 4. The van der Waals surface area contributed by atoms with E-state index < -0.39 is 59.8 Å². The lowest BCUT2D eigenvalue weighted by Crippen LogP contribution is -2.54. The Labute approximate surface area is 288 Å². The van der Waals surface area contributed by atoms with Gasteiger partial charge in [0.25, 0.3) is 0 Å². The average Bonchev–Trinajstić information content (AvgIpc) is 3.63. The van der Waals surface area contributed by atoms with E-state index in [9.17, 15) is 4.39 Å². The quantitative estimate of drug-likeness (QED) is 0.170. The van der Waals surface area contributed by atoms with Gasteiger partial charge < -0.3 is 28.4 Å². The topological polar surface area (TPSA) is 125 Å². The summed E-state index contributed by atoms with van der Waals surface area (Å²) in [6.07, 6.45) is 0.0615. The maximum atomic E-state index is 13.7. The molecule has 4 heterocycles. The highest BCUT2D eigenvalue weighted by atomic mass is 35.5. The number of anilines is 1. The van der Waals surface area contributed by atoms with Crippen LogP contribution in [0.4, 0.5) is 10.2 Å². The van der Waals surface area contributed by atoms with E-state index in [-0.39, 0.29) is 34.1 Å². The Bertz CT molecular complexity index is 1670. The predicted octanol–water partition coefficient (Wildman–Crippen LogP) is 7.91. The van der Waals surface area contributed by atoms with Gasteiger partial charge in [0, 0.05) is 10.6 Å². The Kier molecular flexibility index (Phi) is 10.3. The van der Waals surface area contributed by atoms with Gasteiger partial charge in [0.1, 0.15) is 42.1 Å². The third-order valence-corrected chi connectivity index (χ3v) is 21.4. The summed E-state index contributed by atoms with van der Waals surface area (Å²) in [5, 5.41) is 0.0252. The molecule has 260 valence electrons. The van der Waals surface area contributed by atoms with Gasteiger partial charge in [-0.05, 0) is 60.2 Å². The highest BCUT2D eigenvalue weighted by Gasteiger charge is 2.55. The van der Waals surface area contributed by atoms with Crippen molar-refractivity contribution in [3.05, 3.63) is 47.3 Å². The third kappa shape index (κ3) is 7.55. The molecule has 0 saturated carbocycles. The lowest BCUT2D eigenvalue weighted by Gasteiger charge is -2.44. The van der Waals surface area contributed by atoms with Gasteiger partial charge >= 0.3 is 6.72 Å². The van der Waals surface area contributed by atoms with Crippen molar-refractivity contribution >= 4 is 63.7 Å². The van der Waals surface area contributed by atoms with Gasteiger partial charge in [0.05, 0.1) is 19.5 Å². The van der Waals surface area contributed by atoms with Gasteiger partial charge in [-0.15, -0.1) is 0 Å². The minimum atomic E-state index is -3.23. The van der Waals surface area contributed by atoms with Crippen molar-refractivity contribution in [3.63, 3.8) is 0 Å². The van der Waals surface area contributed by atoms with Gasteiger partial charge in [-0.3, -0.25) is 9.09 Å². The van der Waals surface area contributed by atoms with Crippen LogP contribution in [0, 0.1) is 5.82 Å². The molecule has 2 saturated heterocycles. The van der Waals surface area contributed by atoms with Crippen molar-refractivity contribution in [2.75, 3.05) is 18.9 Å². The highest BCUT2D eigenvalue weighted by molar-refractivity contribution is 8.07. The Balaban J connectivity index is 1.50. The lowest BCUT2D eigenvalue weighted by molar-refractivity contribution is -0.0468. The molecular weight excluding hydrogens is 700 g/mol. The number of hydrogen-bond donors (Lipinski definition) is 1. The molecule has 6 atom stereocenters. The van der Waals surface area contributed by atoms with Crippen molar-refractivity contribution in [1.82, 2.24) is 19.5 Å². The van der Waals surface area contributed by atoms with Gasteiger partial charge in [0.2, 0.25) is 0 Å². The molecule has 11 nitrogen and oxygen atoms in total. The van der Waals surface area contributed by atoms with Gasteiger partial charge in [0.15, 0.2) is 34.3 Å². The van der Waals surface area contributed by atoms with Crippen molar-refractivity contribution in [3.8, 4) is 0 Å². The number of ether oxygens (including phenoxy) is 1. The van der Waals surface area contributed by atoms with E-state index in [0.29, 0.717) is 16.7 Å². The van der Waals surface area contributed by atoms with E-state index in [0.717, 1.165) is 0 Å². The van der Waals surface area contributed by atoms with Crippen LogP contribution < -0.4 is 5.73 Å². The van der Waals surface area contributed by atoms with Crippen LogP contribution in [-0.2, 0) is 39.0 Å². The zero-order valence-corrected chi connectivity index (χ0v) is 33.1. The second kappa shape index (κ2) is 13.1. The van der Waals surface area contributed by atoms with Crippen LogP contribution in [0.2, 0.25) is 41.3 Å². The molecule has 47 heavy (non-hydrogen) atoms. The number of benzene rings is 1. The first-order chi connectivity index (χ1) is 21.6. The zero-order valence-electron chi connectivity index (χ0n) is 28.6. The molecule has 2 aromatic heterocycles. The second-order valence-corrected chi connectivity index (χ2v) is 28.0. The zero-order chi connectivity index (χ0) is 34.7. The number of fused-ring (bicyclic) bond motifs is 1. The molecule has 0 aliphatic carbocycles. The van der Waals surface area contributed by atoms with Crippen LogP contribution in [0.5, 0.6) is 0 Å². The fourth-order valence-electron chi connectivity index (χ4n) is 4.94. The van der Waals surface area contributed by atoms with Gasteiger partial charge in [-0.25, -0.2) is 19.3 Å². The second-order valence-electron chi connectivity index (χ2n) is 15.1. The summed E-state index contributed by atoms with van der Waals surface area (Å²) in [5.41, 5.74) is 7.73. The number of nitrogens with two attached hydrogens (primary N) is 1. The third-order valence-electron chi connectivity index (χ3n) is 9.77. The molecule has 2 aliphatic rings. The molecular formula is C30H46ClFN5O6PSSi2. The number of halogens is 2. The fourth-order valence-corrected chi connectivity index (χ4v) is 9.84. The monoisotopic (exact) mass is 745 g/mol. The number of nitrogens with zero attached hydrogens (tertiary/aromatic N) is 4. The number of nitrogen functional groups attached to an aromatic ring is 1. The number of hydrogen-bond acceptors (Lipinski definition) is 11. The fraction of sp³-hybridized carbons (Fsp3) is 0.633. The maximum Gasteiger partial charge on any atom is 0.328 e. The summed E-state index contributed by atoms with van der Waals surface area (Å²) in [4.78, 5) is 13.1. The molecule has 2 N–H and O–H groups in total. The molecule has 0 spiro atoms. The van der Waals surface area contributed by atoms with E-state index in [1.54, 1.807) is 12.4 Å². The normalized spacial score (nSPS) is 27.6. The van der Waals surface area contributed by atoms with E-state index in [4.69, 9.17) is 56.3 Å². The summed E-state index contributed by atoms with van der Waals surface area (Å²) < 4.78 is 55.1. The van der Waals surface area contributed by atoms with Crippen molar-refractivity contribution < 1.29 is 31.6 Å². The SMILES string of the molecule is CC(C)(C)[Si](C)(C)O[C@@H]1[C@H](O[Si](C)(C)C(C)(C)C)[C@@H](COP2(=S)OCC(c3ccc(F)cc3Cl)O2)O[C@H]1n1cnc2c(N)ncnc21. The first kappa shape index (κ1) is 36.9. The summed E-state index contributed by atoms with van der Waals surface area (Å²) in [5.74, 6) is -0.171. The minimum Gasteiger partial charge on any atom is -0.408 e. The van der Waals surface area contributed by atoms with Crippen LogP contribution in [0.1, 0.15) is 59.4 Å². The molecule has 0 bridgehead atoms. The number of imidazole rings is 1. The van der Waals surface area contributed by atoms with E-state index in [2.05, 4.69) is 82.7 Å². The van der Waals surface area contributed by atoms with E-state index in [1.807, 2.05) is 4.57 Å². The summed E-state index contributed by atoms with van der Waals surface area (Å²) in [7, 11) is -4.79. The smallest absolute Gasteiger partial charge is 0.328 e. The molecule has 1 aromatic carbocycles. The van der Waals surface area contributed by atoms with Crippen LogP contribution in [0.25, 0.3) is 11.2 Å². The van der Waals surface area contributed by atoms with Crippen molar-refractivity contribution in [2.24, 2.45) is 0 Å². The first-order valence-electron chi connectivity index (χ1n) is 15.6. The van der Waals surface area contributed by atoms with Crippen molar-refractivity contribution in [2.45, 2.75) is 108 Å². The Morgan fingerprint density at radius 2 is 1.68 bits per heavy atom. The summed E-state index contributed by atoms with van der Waals surface area (Å²) >= 11 is 12.1. The van der Waals surface area contributed by atoms with Gasteiger partial charge in [-0.1, -0.05) is 59.2 Å². The molecule has 2 unspecified atom stereocenters. The highest BCUT2D eigenvalue weighted by Crippen LogP contribution is 2.60. The van der Waals surface area contributed by atoms with Crippen LogP contribution in [0.3, 0.4) is 0 Å². The van der Waals surface area contributed by atoms with E-state index in [1.165, 1.54) is 18.5 Å². The lowest BCUT2D eigenvalue weighted by atomic mass is 10.1. The number of rotatable bonds is 9. The largest absolute Gasteiger partial charge is 0.408 e. The van der Waals surface area contributed by atoms with E-state index >= 15 is 0 Å². The van der Waals surface area contributed by atoms with Gasteiger partial charge in [-0.2, -0.15) is 0 Å². The predicted molar refractivity (Wildman–Crippen MR) is 189 cm³/mol.